The van der Waals surface area contributed by atoms with Gasteiger partial charge in [0.15, 0.2) is 11.5 Å². The summed E-state index contributed by atoms with van der Waals surface area (Å²) >= 11 is 6.28. The van der Waals surface area contributed by atoms with Crippen molar-refractivity contribution in [3.05, 3.63) is 66.0 Å². The Labute approximate surface area is 192 Å². The average Bonchev–Trinajstić information content (AvgIpc) is 2.83. The molecule has 1 aliphatic heterocycles. The SMILES string of the molecule is C=CC(=O)N1CCC(Oc2cc3c(NCc4ccccc4Cl)ncnc3cc2OC)CC1. The van der Waals surface area contributed by atoms with Gasteiger partial charge in [0.25, 0.3) is 0 Å². The van der Waals surface area contributed by atoms with Gasteiger partial charge in [0.1, 0.15) is 18.2 Å². The molecule has 0 radical (unpaired) electrons. The Kier molecular flexibility index (Phi) is 6.75. The van der Waals surface area contributed by atoms with Crippen LogP contribution in [0.15, 0.2) is 55.4 Å². The molecule has 0 spiro atoms. The second-order valence-corrected chi connectivity index (χ2v) is 7.94. The van der Waals surface area contributed by atoms with Crippen molar-refractivity contribution in [2.24, 2.45) is 0 Å². The largest absolute Gasteiger partial charge is 0.493 e. The number of piperidine rings is 1. The lowest BCUT2D eigenvalue weighted by molar-refractivity contribution is -0.127. The number of nitrogens with one attached hydrogen (secondary N) is 1. The lowest BCUT2D eigenvalue weighted by Crippen LogP contribution is -2.41. The molecule has 2 heterocycles. The quantitative estimate of drug-likeness (QED) is 0.533. The molecule has 1 N–H and O–H groups in total. The molecule has 4 rings (SSSR count). The summed E-state index contributed by atoms with van der Waals surface area (Å²) in [5.74, 6) is 1.88. The number of hydrogen-bond donors (Lipinski definition) is 1. The van der Waals surface area contributed by atoms with Crippen LogP contribution >= 0.6 is 11.6 Å². The van der Waals surface area contributed by atoms with Gasteiger partial charge in [-0.3, -0.25) is 4.79 Å². The molecule has 1 saturated heterocycles. The number of benzene rings is 2. The molecule has 2 aromatic carbocycles. The maximum Gasteiger partial charge on any atom is 0.245 e. The van der Waals surface area contributed by atoms with Gasteiger partial charge >= 0.3 is 0 Å². The minimum Gasteiger partial charge on any atom is -0.493 e. The summed E-state index contributed by atoms with van der Waals surface area (Å²) in [6, 6.07) is 11.4. The van der Waals surface area contributed by atoms with E-state index in [4.69, 9.17) is 21.1 Å². The number of ether oxygens (including phenoxy) is 2. The normalized spacial score (nSPS) is 14.2. The fourth-order valence-corrected chi connectivity index (χ4v) is 3.98. The minimum atomic E-state index is -0.0434. The zero-order valence-electron chi connectivity index (χ0n) is 17.9. The number of anilines is 1. The number of carbonyl (C=O) groups is 1. The van der Waals surface area contributed by atoms with Crippen LogP contribution in [0.25, 0.3) is 10.9 Å². The van der Waals surface area contributed by atoms with Gasteiger partial charge in [-0.25, -0.2) is 9.97 Å². The highest BCUT2D eigenvalue weighted by atomic mass is 35.5. The Bertz CT molecular complexity index is 1130. The van der Waals surface area contributed by atoms with Gasteiger partial charge in [-0.15, -0.1) is 0 Å². The molecular formula is C24H25ClN4O3. The number of hydrogen-bond acceptors (Lipinski definition) is 6. The van der Waals surface area contributed by atoms with Crippen molar-refractivity contribution in [2.75, 3.05) is 25.5 Å². The first kappa shape index (κ1) is 21.9. The van der Waals surface area contributed by atoms with E-state index in [0.29, 0.717) is 42.0 Å². The fraction of sp³-hybridized carbons (Fsp3) is 0.292. The molecule has 1 amide bonds. The van der Waals surface area contributed by atoms with Gasteiger partial charge in [0.05, 0.1) is 12.6 Å². The summed E-state index contributed by atoms with van der Waals surface area (Å²) in [4.78, 5) is 22.4. The first-order valence-corrected chi connectivity index (χ1v) is 10.8. The Morgan fingerprint density at radius 2 is 2.03 bits per heavy atom. The van der Waals surface area contributed by atoms with Crippen molar-refractivity contribution in [3.8, 4) is 11.5 Å². The Hall–Kier alpha value is -3.32. The minimum absolute atomic E-state index is 0.0145. The first-order chi connectivity index (χ1) is 15.6. The van der Waals surface area contributed by atoms with E-state index in [2.05, 4.69) is 21.9 Å². The summed E-state index contributed by atoms with van der Waals surface area (Å²) in [5, 5.41) is 4.88. The molecule has 32 heavy (non-hydrogen) atoms. The molecule has 3 aromatic rings. The molecule has 8 heteroatoms. The van der Waals surface area contributed by atoms with Crippen LogP contribution in [0.2, 0.25) is 5.02 Å². The zero-order valence-corrected chi connectivity index (χ0v) is 18.6. The molecule has 1 aliphatic rings. The monoisotopic (exact) mass is 452 g/mol. The Morgan fingerprint density at radius 3 is 2.75 bits per heavy atom. The number of amides is 1. The summed E-state index contributed by atoms with van der Waals surface area (Å²) in [6.07, 6.45) is 4.33. The highest BCUT2D eigenvalue weighted by molar-refractivity contribution is 6.31. The maximum absolute atomic E-state index is 11.8. The molecule has 166 valence electrons. The molecule has 0 bridgehead atoms. The second kappa shape index (κ2) is 9.87. The van der Waals surface area contributed by atoms with Crippen LogP contribution in [0.1, 0.15) is 18.4 Å². The molecule has 0 unspecified atom stereocenters. The van der Waals surface area contributed by atoms with Gasteiger partial charge in [-0.05, 0) is 23.8 Å². The van der Waals surface area contributed by atoms with Crippen LogP contribution in [-0.4, -0.2) is 47.1 Å². The number of likely N-dealkylation sites (tertiary alicyclic amines) is 1. The van der Waals surface area contributed by atoms with Crippen molar-refractivity contribution in [1.82, 2.24) is 14.9 Å². The Balaban J connectivity index is 1.55. The lowest BCUT2D eigenvalue weighted by atomic mass is 10.1. The molecule has 0 atom stereocenters. The van der Waals surface area contributed by atoms with Crippen LogP contribution < -0.4 is 14.8 Å². The van der Waals surface area contributed by atoms with E-state index in [9.17, 15) is 4.79 Å². The summed E-state index contributed by atoms with van der Waals surface area (Å²) in [6.45, 7) is 5.37. The van der Waals surface area contributed by atoms with E-state index in [1.165, 1.54) is 12.4 Å². The van der Waals surface area contributed by atoms with Crippen molar-refractivity contribution in [3.63, 3.8) is 0 Å². The van der Waals surface area contributed by atoms with Crippen molar-refractivity contribution < 1.29 is 14.3 Å². The van der Waals surface area contributed by atoms with E-state index in [-0.39, 0.29) is 12.0 Å². The third-order valence-electron chi connectivity index (χ3n) is 5.55. The maximum atomic E-state index is 11.8. The van der Waals surface area contributed by atoms with E-state index >= 15 is 0 Å². The predicted octanol–water partition coefficient (Wildman–Crippen LogP) is 4.46. The second-order valence-electron chi connectivity index (χ2n) is 7.53. The van der Waals surface area contributed by atoms with E-state index < -0.39 is 0 Å². The van der Waals surface area contributed by atoms with E-state index in [1.807, 2.05) is 36.4 Å². The topological polar surface area (TPSA) is 76.6 Å². The van der Waals surface area contributed by atoms with E-state index in [1.54, 1.807) is 12.0 Å². The van der Waals surface area contributed by atoms with Crippen molar-refractivity contribution in [2.45, 2.75) is 25.5 Å². The number of nitrogens with zero attached hydrogens (tertiary/aromatic N) is 3. The van der Waals surface area contributed by atoms with Crippen molar-refractivity contribution in [1.29, 1.82) is 0 Å². The van der Waals surface area contributed by atoms with Gasteiger partial charge in [-0.2, -0.15) is 0 Å². The van der Waals surface area contributed by atoms with Gasteiger partial charge in [-0.1, -0.05) is 36.4 Å². The molecule has 7 nitrogen and oxygen atoms in total. The van der Waals surface area contributed by atoms with Crippen LogP contribution in [0.4, 0.5) is 5.82 Å². The summed E-state index contributed by atoms with van der Waals surface area (Å²) in [7, 11) is 1.61. The summed E-state index contributed by atoms with van der Waals surface area (Å²) in [5.41, 5.74) is 1.73. The van der Waals surface area contributed by atoms with Crippen LogP contribution in [0.3, 0.4) is 0 Å². The van der Waals surface area contributed by atoms with Crippen molar-refractivity contribution >= 4 is 34.2 Å². The van der Waals surface area contributed by atoms with Crippen LogP contribution in [-0.2, 0) is 11.3 Å². The van der Waals surface area contributed by atoms with E-state index in [0.717, 1.165) is 29.3 Å². The molecule has 1 aromatic heterocycles. The number of aromatic nitrogens is 2. The first-order valence-electron chi connectivity index (χ1n) is 10.5. The fourth-order valence-electron chi connectivity index (χ4n) is 3.78. The number of fused-ring (bicyclic) bond motifs is 1. The number of halogens is 1. The lowest BCUT2D eigenvalue weighted by Gasteiger charge is -2.31. The molecule has 0 aliphatic carbocycles. The number of rotatable bonds is 7. The van der Waals surface area contributed by atoms with Gasteiger partial charge < -0.3 is 19.7 Å². The zero-order chi connectivity index (χ0) is 22.5. The third kappa shape index (κ3) is 4.78. The highest BCUT2D eigenvalue weighted by Gasteiger charge is 2.24. The van der Waals surface area contributed by atoms with Crippen LogP contribution in [0.5, 0.6) is 11.5 Å². The molecular weight excluding hydrogens is 428 g/mol. The molecule has 0 saturated carbocycles. The molecule has 1 fully saturated rings. The van der Waals surface area contributed by atoms with Gasteiger partial charge in [0.2, 0.25) is 5.91 Å². The standard InChI is InChI=1S/C24H25ClN4O3/c1-3-23(30)29-10-8-17(9-11-29)32-22-12-18-20(13-21(22)31-2)27-15-28-24(18)26-14-16-6-4-5-7-19(16)25/h3-7,12-13,15,17H,1,8-11,14H2,2H3,(H,26,27,28). The van der Waals surface area contributed by atoms with Gasteiger partial charge in [0, 0.05) is 49.0 Å². The third-order valence-corrected chi connectivity index (χ3v) is 5.92. The number of carbonyl (C=O) groups excluding carboxylic acids is 1. The average molecular weight is 453 g/mol. The number of methoxy groups -OCH3 is 1. The highest BCUT2D eigenvalue weighted by Crippen LogP contribution is 2.35. The predicted molar refractivity (Wildman–Crippen MR) is 125 cm³/mol. The Morgan fingerprint density at radius 1 is 1.25 bits per heavy atom. The summed E-state index contributed by atoms with van der Waals surface area (Å²) < 4.78 is 11.8. The smallest absolute Gasteiger partial charge is 0.245 e. The van der Waals surface area contributed by atoms with Crippen LogP contribution in [0, 0.1) is 0 Å².